The summed E-state index contributed by atoms with van der Waals surface area (Å²) in [5, 5.41) is 21.5. The van der Waals surface area contributed by atoms with Crippen LogP contribution in [0, 0.1) is 5.92 Å². The zero-order valence-electron chi connectivity index (χ0n) is 14.9. The molecule has 2 fully saturated rings. The molecule has 25 heavy (non-hydrogen) atoms. The maximum atomic E-state index is 12.9. The van der Waals surface area contributed by atoms with Crippen LogP contribution in [0.15, 0.2) is 30.3 Å². The van der Waals surface area contributed by atoms with E-state index in [0.717, 1.165) is 25.7 Å². The van der Waals surface area contributed by atoms with Crippen molar-refractivity contribution < 1.29 is 24.5 Å². The Kier molecular flexibility index (Phi) is 5.58. The van der Waals surface area contributed by atoms with Crippen LogP contribution in [-0.2, 0) is 14.3 Å². The summed E-state index contributed by atoms with van der Waals surface area (Å²) in [5.41, 5.74) is 0.615. The first-order valence-corrected chi connectivity index (χ1v) is 9.19. The van der Waals surface area contributed by atoms with Gasteiger partial charge in [0.2, 0.25) is 0 Å². The van der Waals surface area contributed by atoms with Crippen molar-refractivity contribution in [1.29, 1.82) is 0 Å². The van der Waals surface area contributed by atoms with Crippen LogP contribution in [0.1, 0.15) is 57.6 Å². The Balaban J connectivity index is 1.81. The quantitative estimate of drug-likeness (QED) is 0.875. The maximum Gasteiger partial charge on any atom is 0.196 e. The molecule has 0 spiro atoms. The number of benzene rings is 1. The van der Waals surface area contributed by atoms with Gasteiger partial charge in [-0.25, -0.2) is 0 Å². The van der Waals surface area contributed by atoms with E-state index in [0.29, 0.717) is 5.56 Å². The lowest BCUT2D eigenvalue weighted by molar-refractivity contribution is -0.304. The van der Waals surface area contributed by atoms with Gasteiger partial charge < -0.3 is 19.7 Å². The molecule has 0 bridgehead atoms. The monoisotopic (exact) mass is 348 g/mol. The third-order valence-electron chi connectivity index (χ3n) is 5.25. The van der Waals surface area contributed by atoms with E-state index in [1.54, 1.807) is 26.0 Å². The molecule has 138 valence electrons. The van der Waals surface area contributed by atoms with Crippen molar-refractivity contribution in [2.75, 3.05) is 0 Å². The highest BCUT2D eigenvalue weighted by molar-refractivity contribution is 5.89. The number of aliphatic hydroxyl groups is 2. The number of ketones is 1. The average Bonchev–Trinajstić information content (AvgIpc) is 2.63. The highest BCUT2D eigenvalue weighted by atomic mass is 16.7. The van der Waals surface area contributed by atoms with Crippen molar-refractivity contribution in [2.24, 2.45) is 5.92 Å². The fourth-order valence-electron chi connectivity index (χ4n) is 3.92. The van der Waals surface area contributed by atoms with E-state index in [4.69, 9.17) is 9.47 Å². The molecule has 1 aromatic carbocycles. The van der Waals surface area contributed by atoms with Crippen molar-refractivity contribution in [2.45, 2.75) is 76.2 Å². The molecule has 5 heteroatoms. The van der Waals surface area contributed by atoms with Gasteiger partial charge in [0.05, 0.1) is 6.10 Å². The number of hydrogen-bond donors (Lipinski definition) is 2. The summed E-state index contributed by atoms with van der Waals surface area (Å²) in [4.78, 5) is 12.9. The first kappa shape index (κ1) is 18.5. The third kappa shape index (κ3) is 4.11. The number of Topliss-reactive ketones (excluding diaryl/α,β-unsaturated/α-hetero) is 1. The van der Waals surface area contributed by atoms with E-state index in [-0.39, 0.29) is 11.7 Å². The second-order valence-electron chi connectivity index (χ2n) is 7.62. The van der Waals surface area contributed by atoms with Crippen molar-refractivity contribution >= 4 is 5.78 Å². The van der Waals surface area contributed by atoms with Gasteiger partial charge >= 0.3 is 0 Å². The largest absolute Gasteiger partial charge is 0.390 e. The molecule has 0 amide bonds. The molecule has 0 radical (unpaired) electrons. The standard InChI is InChI=1S/C20H28O5/c1-20(2)24-18(15(21)13-9-5-3-6-10-13)17(23)19(25-20)16(22)14-11-7-4-8-12-14/h3,5-6,9-10,14-16,18-19,21-22H,4,7-8,11-12H2,1-2H3/t15-,16-,18-,19?/m1/s1. The highest BCUT2D eigenvalue weighted by Crippen LogP contribution is 2.36. The lowest BCUT2D eigenvalue weighted by Crippen LogP contribution is -2.58. The van der Waals surface area contributed by atoms with Gasteiger partial charge in [-0.05, 0) is 38.2 Å². The second kappa shape index (κ2) is 7.54. The van der Waals surface area contributed by atoms with Crippen LogP contribution in [0.25, 0.3) is 0 Å². The Morgan fingerprint density at radius 1 is 1.00 bits per heavy atom. The Labute approximate surface area is 149 Å². The summed E-state index contributed by atoms with van der Waals surface area (Å²) in [6.07, 6.45) is 1.16. The average molecular weight is 348 g/mol. The number of aliphatic hydroxyl groups excluding tert-OH is 2. The van der Waals surface area contributed by atoms with Crippen molar-refractivity contribution in [3.8, 4) is 0 Å². The summed E-state index contributed by atoms with van der Waals surface area (Å²) in [6, 6.07) is 8.98. The molecule has 1 heterocycles. The van der Waals surface area contributed by atoms with Crippen molar-refractivity contribution in [3.05, 3.63) is 35.9 Å². The van der Waals surface area contributed by atoms with Crippen LogP contribution in [0.4, 0.5) is 0 Å². The van der Waals surface area contributed by atoms with Crippen LogP contribution < -0.4 is 0 Å². The molecule has 1 aliphatic heterocycles. The van der Waals surface area contributed by atoms with E-state index < -0.39 is 30.2 Å². The molecule has 5 nitrogen and oxygen atoms in total. The fraction of sp³-hybridized carbons (Fsp3) is 0.650. The SMILES string of the molecule is CC1(C)OC([C@H](O)C2CCCCC2)C(=O)[C@@H]([C@H](O)c2ccccc2)O1. The first-order valence-electron chi connectivity index (χ1n) is 9.19. The predicted molar refractivity (Wildman–Crippen MR) is 92.8 cm³/mol. The van der Waals surface area contributed by atoms with Gasteiger partial charge in [-0.3, -0.25) is 4.79 Å². The van der Waals surface area contributed by atoms with E-state index in [1.165, 1.54) is 6.42 Å². The minimum atomic E-state index is -1.09. The van der Waals surface area contributed by atoms with Crippen LogP contribution in [0.2, 0.25) is 0 Å². The van der Waals surface area contributed by atoms with E-state index in [1.807, 2.05) is 18.2 Å². The summed E-state index contributed by atoms with van der Waals surface area (Å²) in [5.74, 6) is -1.37. The van der Waals surface area contributed by atoms with E-state index >= 15 is 0 Å². The molecule has 2 N–H and O–H groups in total. The highest BCUT2D eigenvalue weighted by Gasteiger charge is 2.49. The smallest absolute Gasteiger partial charge is 0.196 e. The summed E-state index contributed by atoms with van der Waals surface area (Å²) in [6.45, 7) is 3.43. The molecule has 0 aromatic heterocycles. The number of carbonyl (C=O) groups excluding carboxylic acids is 1. The number of carbonyl (C=O) groups is 1. The van der Waals surface area contributed by atoms with Gasteiger partial charge in [0.1, 0.15) is 12.2 Å². The number of ether oxygens (including phenoxy) is 2. The summed E-state index contributed by atoms with van der Waals surface area (Å²) < 4.78 is 11.5. The van der Waals surface area contributed by atoms with Gasteiger partial charge in [0.25, 0.3) is 0 Å². The van der Waals surface area contributed by atoms with Gasteiger partial charge in [0.15, 0.2) is 17.7 Å². The molecule has 1 saturated heterocycles. The lowest BCUT2D eigenvalue weighted by atomic mass is 9.81. The van der Waals surface area contributed by atoms with Crippen LogP contribution in [-0.4, -0.2) is 40.1 Å². The molecule has 1 aliphatic carbocycles. The lowest BCUT2D eigenvalue weighted by Gasteiger charge is -2.44. The second-order valence-corrected chi connectivity index (χ2v) is 7.62. The molecule has 1 saturated carbocycles. The summed E-state index contributed by atoms with van der Waals surface area (Å²) >= 11 is 0. The fourth-order valence-corrected chi connectivity index (χ4v) is 3.92. The minimum absolute atomic E-state index is 0.0612. The maximum absolute atomic E-state index is 12.9. The van der Waals surface area contributed by atoms with Crippen molar-refractivity contribution in [1.82, 2.24) is 0 Å². The number of hydrogen-bond acceptors (Lipinski definition) is 5. The number of rotatable bonds is 4. The minimum Gasteiger partial charge on any atom is -0.390 e. The first-order chi connectivity index (χ1) is 11.9. The predicted octanol–water partition coefficient (Wildman–Crippen LogP) is 2.75. The molecular formula is C20H28O5. The van der Waals surface area contributed by atoms with Crippen molar-refractivity contribution in [3.63, 3.8) is 0 Å². The topological polar surface area (TPSA) is 76.0 Å². The molecular weight excluding hydrogens is 320 g/mol. The Hall–Kier alpha value is -1.27. The third-order valence-corrected chi connectivity index (χ3v) is 5.25. The Bertz CT molecular complexity index is 579. The van der Waals surface area contributed by atoms with Gasteiger partial charge in [-0.2, -0.15) is 0 Å². The van der Waals surface area contributed by atoms with Gasteiger partial charge in [-0.15, -0.1) is 0 Å². The van der Waals surface area contributed by atoms with Gasteiger partial charge in [-0.1, -0.05) is 49.6 Å². The van der Waals surface area contributed by atoms with Crippen LogP contribution >= 0.6 is 0 Å². The molecule has 3 rings (SSSR count). The van der Waals surface area contributed by atoms with Crippen LogP contribution in [0.5, 0.6) is 0 Å². The molecule has 1 unspecified atom stereocenters. The Morgan fingerprint density at radius 3 is 2.24 bits per heavy atom. The Morgan fingerprint density at radius 2 is 1.60 bits per heavy atom. The van der Waals surface area contributed by atoms with E-state index in [9.17, 15) is 15.0 Å². The molecule has 2 aliphatic rings. The summed E-state index contributed by atoms with van der Waals surface area (Å²) in [7, 11) is 0. The zero-order valence-corrected chi connectivity index (χ0v) is 14.9. The van der Waals surface area contributed by atoms with E-state index in [2.05, 4.69) is 0 Å². The van der Waals surface area contributed by atoms with Gasteiger partial charge in [0, 0.05) is 0 Å². The zero-order chi connectivity index (χ0) is 18.0. The normalized spacial score (nSPS) is 30.0. The molecule has 1 aromatic rings. The van der Waals surface area contributed by atoms with Crippen LogP contribution in [0.3, 0.4) is 0 Å². The molecule has 4 atom stereocenters.